The van der Waals surface area contributed by atoms with Crippen molar-refractivity contribution in [3.63, 3.8) is 0 Å². The number of aromatic nitrogens is 2. The number of aromatic amines is 2. The highest BCUT2D eigenvalue weighted by molar-refractivity contribution is 6.32. The van der Waals surface area contributed by atoms with Crippen LogP contribution in [0.3, 0.4) is 0 Å². The van der Waals surface area contributed by atoms with E-state index >= 15 is 0 Å². The van der Waals surface area contributed by atoms with Crippen LogP contribution in [0.4, 0.5) is 0 Å². The van der Waals surface area contributed by atoms with Crippen molar-refractivity contribution in [2.24, 2.45) is 30.0 Å². The Morgan fingerprint density at radius 3 is 1.46 bits per heavy atom. The maximum atomic E-state index is 5.14. The fourth-order valence-corrected chi connectivity index (χ4v) is 8.90. The molecule has 0 atom stereocenters. The first-order chi connectivity index (χ1) is 32.7. The van der Waals surface area contributed by atoms with Crippen molar-refractivity contribution >= 4 is 57.1 Å². The smallest absolute Gasteiger partial charge is 0.121 e. The number of hydrogen-bond acceptors (Lipinski definition) is 10. The van der Waals surface area contributed by atoms with E-state index in [1.165, 1.54) is 0 Å². The zero-order valence-corrected chi connectivity index (χ0v) is 37.2. The molecule has 0 fully saturated rings. The van der Waals surface area contributed by atoms with Crippen molar-refractivity contribution in [3.05, 3.63) is 213 Å². The SMILES string of the molecule is CC1=C2C=CC(=N2)/C(=C2/NC=CN2C)c2ccc([nH]2)C=C2C=CC(=N2)C(C#CC#CC2=C3C=CC(=N3)C(C)=C3C=CC(=N3)/C(=C3\NC=CN3C)c3ccc([nH]3)C(C)=C3C=CC2=N3)=C2C=CC1=N2. The summed E-state index contributed by atoms with van der Waals surface area (Å²) >= 11 is 0. The third kappa shape index (κ3) is 6.83. The van der Waals surface area contributed by atoms with Gasteiger partial charge in [-0.05, 0) is 153 Å². The van der Waals surface area contributed by atoms with Gasteiger partial charge in [0.05, 0.1) is 102 Å². The van der Waals surface area contributed by atoms with Crippen LogP contribution in [-0.2, 0) is 0 Å². The summed E-state index contributed by atoms with van der Waals surface area (Å²) < 4.78 is 0. The molecule has 10 aliphatic heterocycles. The molecular weight excluding hydrogens is 829 g/mol. The van der Waals surface area contributed by atoms with Gasteiger partial charge in [-0.2, -0.15) is 0 Å². The number of nitrogens with zero attached hydrogens (tertiary/aromatic N) is 8. The van der Waals surface area contributed by atoms with Gasteiger partial charge in [0.2, 0.25) is 0 Å². The minimum absolute atomic E-state index is 0.663. The number of hydrogen-bond donors (Lipinski definition) is 4. The first-order valence-electron chi connectivity index (χ1n) is 21.9. The Hall–Kier alpha value is -9.26. The maximum absolute atomic E-state index is 5.14. The summed E-state index contributed by atoms with van der Waals surface area (Å²) in [6.45, 7) is 6.17. The van der Waals surface area contributed by atoms with E-state index in [2.05, 4.69) is 97.4 Å². The van der Waals surface area contributed by atoms with Crippen LogP contribution in [0.25, 0.3) is 22.8 Å². The van der Waals surface area contributed by atoms with Crippen LogP contribution in [0.5, 0.6) is 0 Å². The largest absolute Gasteiger partial charge is 0.355 e. The molecule has 0 aliphatic carbocycles. The van der Waals surface area contributed by atoms with Gasteiger partial charge in [-0.1, -0.05) is 0 Å². The van der Waals surface area contributed by atoms with E-state index in [0.717, 1.165) is 108 Å². The molecule has 0 saturated heterocycles. The van der Waals surface area contributed by atoms with Gasteiger partial charge in [0.25, 0.3) is 0 Å². The quantitative estimate of drug-likeness (QED) is 0.197. The number of aliphatic imine (C=N–C) groups is 6. The third-order valence-electron chi connectivity index (χ3n) is 12.6. The normalized spacial score (nSPS) is 22.7. The summed E-state index contributed by atoms with van der Waals surface area (Å²) in [5.41, 5.74) is 19.3. The first-order valence-corrected chi connectivity index (χ1v) is 21.9. The number of allylic oxidation sites excluding steroid dienone is 19. The predicted molar refractivity (Wildman–Crippen MR) is 271 cm³/mol. The Morgan fingerprint density at radius 2 is 0.881 bits per heavy atom. The standard InChI is InChI=1S/C55H40N12/c1-31-38-14-20-45(60-38)36(44-12-10-34(58-44)30-35-11-13-48(59-35)52(49-23-17-41(31)63-49)54-56-26-28-66(54)4)8-6-7-9-37-46-21-15-39(61-46)32(2)42-18-24-50(64-42)53(55-57-27-29-67(55)5)51-25-19-43(65-51)33(3)40-16-22-47(37)62-40/h10-30,56-57,59,64H,1-5H3/b34-30?,39-32?,41-31?,43-33?,45-36?,47-37?,54-52-,55-53+. The average molecular weight is 869 g/mol. The predicted octanol–water partition coefficient (Wildman–Crippen LogP) is 8.62. The van der Waals surface area contributed by atoms with E-state index in [1.54, 1.807) is 0 Å². The molecule has 0 radical (unpaired) electrons. The Kier molecular flexibility index (Phi) is 9.09. The molecule has 2 aromatic heterocycles. The summed E-state index contributed by atoms with van der Waals surface area (Å²) in [5.74, 6) is 14.9. The van der Waals surface area contributed by atoms with Gasteiger partial charge in [0.1, 0.15) is 11.6 Å². The molecule has 67 heavy (non-hydrogen) atoms. The molecule has 0 amide bonds. The van der Waals surface area contributed by atoms with Crippen LogP contribution in [0.1, 0.15) is 43.5 Å². The van der Waals surface area contributed by atoms with Crippen LogP contribution in [0.2, 0.25) is 0 Å². The van der Waals surface area contributed by atoms with Crippen molar-refractivity contribution in [2.75, 3.05) is 14.1 Å². The van der Waals surface area contributed by atoms with Gasteiger partial charge in [0, 0.05) is 61.4 Å². The molecule has 12 heterocycles. The fraction of sp³-hybridized carbons (Fsp3) is 0.0909. The number of nitrogens with one attached hydrogen (secondary N) is 4. The second-order valence-corrected chi connectivity index (χ2v) is 16.8. The minimum Gasteiger partial charge on any atom is -0.355 e. The summed E-state index contributed by atoms with van der Waals surface area (Å²) in [7, 11) is 4.04. The Labute approximate surface area is 387 Å². The summed E-state index contributed by atoms with van der Waals surface area (Å²) in [4.78, 5) is 42.1. The number of rotatable bonds is 0. The lowest BCUT2D eigenvalue weighted by molar-refractivity contribution is 0.574. The lowest BCUT2D eigenvalue weighted by Gasteiger charge is -2.17. The third-order valence-corrected chi connectivity index (χ3v) is 12.6. The van der Waals surface area contributed by atoms with Gasteiger partial charge < -0.3 is 30.4 Å². The van der Waals surface area contributed by atoms with E-state index in [-0.39, 0.29) is 0 Å². The van der Waals surface area contributed by atoms with E-state index in [0.29, 0.717) is 34.0 Å². The molecule has 0 unspecified atom stereocenters. The summed E-state index contributed by atoms with van der Waals surface area (Å²) in [5, 5.41) is 6.81. The van der Waals surface area contributed by atoms with E-state index in [4.69, 9.17) is 30.0 Å². The Bertz CT molecular complexity index is 3600. The van der Waals surface area contributed by atoms with E-state index in [9.17, 15) is 0 Å². The minimum atomic E-state index is 0.663. The summed E-state index contributed by atoms with van der Waals surface area (Å²) in [6.07, 6.45) is 34.1. The first kappa shape index (κ1) is 39.3. The molecule has 0 aromatic carbocycles. The van der Waals surface area contributed by atoms with Crippen LogP contribution in [0, 0.1) is 23.7 Å². The van der Waals surface area contributed by atoms with E-state index < -0.39 is 0 Å². The highest BCUT2D eigenvalue weighted by atomic mass is 15.3. The zero-order chi connectivity index (χ0) is 45.3. The fourth-order valence-electron chi connectivity index (χ4n) is 8.90. The number of fused-ring (bicyclic) bond motifs is 10. The van der Waals surface area contributed by atoms with Gasteiger partial charge >= 0.3 is 0 Å². The lowest BCUT2D eigenvalue weighted by Crippen LogP contribution is -2.19. The van der Waals surface area contributed by atoms with Gasteiger partial charge in [-0.3, -0.25) is 0 Å². The lowest BCUT2D eigenvalue weighted by atomic mass is 10.1. The van der Waals surface area contributed by atoms with Crippen LogP contribution >= 0.6 is 0 Å². The molecule has 2 aromatic rings. The van der Waals surface area contributed by atoms with Crippen molar-refractivity contribution in [1.29, 1.82) is 0 Å². The molecule has 10 aliphatic rings. The highest BCUT2D eigenvalue weighted by Gasteiger charge is 2.27. The molecule has 4 N–H and O–H groups in total. The van der Waals surface area contributed by atoms with Crippen molar-refractivity contribution in [2.45, 2.75) is 20.8 Å². The van der Waals surface area contributed by atoms with Crippen molar-refractivity contribution in [1.82, 2.24) is 30.4 Å². The van der Waals surface area contributed by atoms with Gasteiger partial charge in [0.15, 0.2) is 0 Å². The molecule has 0 spiro atoms. The van der Waals surface area contributed by atoms with Crippen LogP contribution in [-0.4, -0.2) is 68.1 Å². The molecule has 0 saturated carbocycles. The van der Waals surface area contributed by atoms with Gasteiger partial charge in [-0.25, -0.2) is 30.0 Å². The molecule has 12 nitrogen and oxygen atoms in total. The van der Waals surface area contributed by atoms with Crippen LogP contribution in [0.15, 0.2) is 220 Å². The molecule has 12 heteroatoms. The topological polar surface area (TPSA) is 136 Å². The van der Waals surface area contributed by atoms with Gasteiger partial charge in [-0.15, -0.1) is 0 Å². The second-order valence-electron chi connectivity index (χ2n) is 16.8. The van der Waals surface area contributed by atoms with Crippen LogP contribution < -0.4 is 10.6 Å². The summed E-state index contributed by atoms with van der Waals surface area (Å²) in [6, 6.07) is 8.32. The second kappa shape index (κ2) is 15.5. The Morgan fingerprint density at radius 1 is 0.433 bits per heavy atom. The highest BCUT2D eigenvalue weighted by Crippen LogP contribution is 2.34. The molecular formula is C55H40N12. The molecule has 12 rings (SSSR count). The Balaban J connectivity index is 0.954. The van der Waals surface area contributed by atoms with Crippen molar-refractivity contribution in [3.8, 4) is 23.7 Å². The molecule has 16 bridgehead atoms. The molecule has 320 valence electrons. The maximum Gasteiger partial charge on any atom is 0.121 e. The average Bonchev–Trinajstić information content (AvgIpc) is 4.17. The van der Waals surface area contributed by atoms with Crippen molar-refractivity contribution < 1.29 is 0 Å². The zero-order valence-electron chi connectivity index (χ0n) is 37.2. The number of H-pyrrole nitrogens is 2. The monoisotopic (exact) mass is 868 g/mol. The van der Waals surface area contributed by atoms with E-state index in [1.807, 2.05) is 120 Å².